The van der Waals surface area contributed by atoms with Crippen LogP contribution in [-0.2, 0) is 4.79 Å². The van der Waals surface area contributed by atoms with E-state index in [0.29, 0.717) is 12.5 Å². The summed E-state index contributed by atoms with van der Waals surface area (Å²) in [5.74, 6) is 0.292. The molecular weight excluding hydrogens is 266 g/mol. The van der Waals surface area contributed by atoms with Crippen LogP contribution in [0.3, 0.4) is 0 Å². The Morgan fingerprint density at radius 3 is 2.48 bits per heavy atom. The molecule has 1 aromatic carbocycles. The third-order valence-electron chi connectivity index (χ3n) is 4.34. The van der Waals surface area contributed by atoms with Gasteiger partial charge in [0.05, 0.1) is 0 Å². The van der Waals surface area contributed by atoms with Gasteiger partial charge in [-0.15, -0.1) is 0 Å². The molecule has 21 heavy (non-hydrogen) atoms. The molecule has 2 fully saturated rings. The Hall–Kier alpha value is -1.88. The molecule has 0 spiro atoms. The minimum absolute atomic E-state index is 0.123. The molecule has 2 aliphatic rings. The summed E-state index contributed by atoms with van der Waals surface area (Å²) in [6.45, 7) is 4.47. The fourth-order valence-electron chi connectivity index (χ4n) is 3.00. The van der Waals surface area contributed by atoms with Crippen molar-refractivity contribution in [1.82, 2.24) is 15.5 Å². The van der Waals surface area contributed by atoms with Gasteiger partial charge >= 0.3 is 6.03 Å². The van der Waals surface area contributed by atoms with Crippen LogP contribution in [0, 0.1) is 12.8 Å². The Balaban J connectivity index is 1.71. The predicted octanol–water partition coefficient (Wildman–Crippen LogP) is 1.59. The second kappa shape index (κ2) is 5.85. The van der Waals surface area contributed by atoms with Gasteiger partial charge in [0.25, 0.3) is 5.91 Å². The lowest BCUT2D eigenvalue weighted by Crippen LogP contribution is -2.39. The van der Waals surface area contributed by atoms with E-state index in [-0.39, 0.29) is 11.9 Å². The van der Waals surface area contributed by atoms with Gasteiger partial charge in [-0.05, 0) is 44.3 Å². The van der Waals surface area contributed by atoms with Gasteiger partial charge in [0, 0.05) is 6.54 Å². The van der Waals surface area contributed by atoms with Crippen LogP contribution in [0.5, 0.6) is 0 Å². The lowest BCUT2D eigenvalue weighted by atomic mass is 9.97. The molecular formula is C16H21N3O2. The van der Waals surface area contributed by atoms with Gasteiger partial charge in [0.1, 0.15) is 6.04 Å². The molecule has 112 valence electrons. The number of aryl methyl sites for hydroxylation is 1. The highest BCUT2D eigenvalue weighted by molar-refractivity contribution is 6.04. The van der Waals surface area contributed by atoms with Crippen LogP contribution < -0.4 is 10.6 Å². The maximum Gasteiger partial charge on any atom is 0.325 e. The molecule has 0 radical (unpaired) electrons. The second-order valence-electron chi connectivity index (χ2n) is 5.94. The Bertz CT molecular complexity index is 535. The number of nitrogens with one attached hydrogen (secondary N) is 2. The van der Waals surface area contributed by atoms with Crippen molar-refractivity contribution in [3.63, 3.8) is 0 Å². The lowest BCUT2D eigenvalue weighted by Gasteiger charge is -2.25. The van der Waals surface area contributed by atoms with Crippen molar-refractivity contribution in [2.24, 2.45) is 5.92 Å². The summed E-state index contributed by atoms with van der Waals surface area (Å²) < 4.78 is 0. The quantitative estimate of drug-likeness (QED) is 0.830. The van der Waals surface area contributed by atoms with Gasteiger partial charge in [-0.3, -0.25) is 9.69 Å². The van der Waals surface area contributed by atoms with Gasteiger partial charge in [0.2, 0.25) is 0 Å². The van der Waals surface area contributed by atoms with Crippen LogP contribution in [0.2, 0.25) is 0 Å². The number of hydrogen-bond acceptors (Lipinski definition) is 3. The maximum atomic E-state index is 12.5. The van der Waals surface area contributed by atoms with E-state index in [4.69, 9.17) is 0 Å². The first-order chi connectivity index (χ1) is 10.1. The number of imide groups is 1. The molecule has 2 N–H and O–H groups in total. The third kappa shape index (κ3) is 2.93. The summed E-state index contributed by atoms with van der Waals surface area (Å²) in [6, 6.07) is 6.95. The standard InChI is InChI=1S/C16H21N3O2/c1-11-2-4-13(5-3-11)14-15(20)19(16(21)18-14)10-12-6-8-17-9-7-12/h2-5,12,14,17H,6-10H2,1H3,(H,18,21). The summed E-state index contributed by atoms with van der Waals surface area (Å²) >= 11 is 0. The number of hydrogen-bond donors (Lipinski definition) is 2. The maximum absolute atomic E-state index is 12.5. The number of amides is 3. The fourth-order valence-corrected chi connectivity index (χ4v) is 3.00. The predicted molar refractivity (Wildman–Crippen MR) is 79.8 cm³/mol. The van der Waals surface area contributed by atoms with Crippen LogP contribution in [0.1, 0.15) is 30.0 Å². The average Bonchev–Trinajstić information content (AvgIpc) is 2.77. The van der Waals surface area contributed by atoms with E-state index >= 15 is 0 Å². The molecule has 1 unspecified atom stereocenters. The molecule has 0 saturated carbocycles. The van der Waals surface area contributed by atoms with Gasteiger partial charge in [-0.2, -0.15) is 0 Å². The van der Waals surface area contributed by atoms with E-state index in [1.165, 1.54) is 4.90 Å². The second-order valence-corrected chi connectivity index (χ2v) is 5.94. The van der Waals surface area contributed by atoms with Crippen molar-refractivity contribution in [2.45, 2.75) is 25.8 Å². The average molecular weight is 287 g/mol. The molecule has 2 heterocycles. The molecule has 1 aromatic rings. The van der Waals surface area contributed by atoms with E-state index in [1.807, 2.05) is 31.2 Å². The zero-order valence-electron chi connectivity index (χ0n) is 12.3. The summed E-state index contributed by atoms with van der Waals surface area (Å²) in [5, 5.41) is 6.10. The van der Waals surface area contributed by atoms with E-state index in [1.54, 1.807) is 0 Å². The van der Waals surface area contributed by atoms with Crippen LogP contribution in [-0.4, -0.2) is 36.5 Å². The molecule has 5 nitrogen and oxygen atoms in total. The van der Waals surface area contributed by atoms with Gasteiger partial charge in [0.15, 0.2) is 0 Å². The molecule has 0 aromatic heterocycles. The zero-order valence-corrected chi connectivity index (χ0v) is 12.3. The SMILES string of the molecule is Cc1ccc(C2NC(=O)N(CC3CCNCC3)C2=O)cc1. The third-order valence-corrected chi connectivity index (χ3v) is 4.34. The van der Waals surface area contributed by atoms with Crippen LogP contribution in [0.25, 0.3) is 0 Å². The van der Waals surface area contributed by atoms with Crippen molar-refractivity contribution in [3.8, 4) is 0 Å². The van der Waals surface area contributed by atoms with Gasteiger partial charge in [-0.1, -0.05) is 29.8 Å². The first-order valence-corrected chi connectivity index (χ1v) is 7.54. The Labute approximate surface area is 124 Å². The van der Waals surface area contributed by atoms with Gasteiger partial charge in [-0.25, -0.2) is 4.79 Å². The van der Waals surface area contributed by atoms with Gasteiger partial charge < -0.3 is 10.6 Å². The van der Waals surface area contributed by atoms with Crippen LogP contribution in [0.4, 0.5) is 4.79 Å². The Morgan fingerprint density at radius 1 is 1.14 bits per heavy atom. The number of rotatable bonds is 3. The van der Waals surface area contributed by atoms with Crippen molar-refractivity contribution < 1.29 is 9.59 Å². The number of piperidine rings is 1. The van der Waals surface area contributed by atoms with E-state index in [9.17, 15) is 9.59 Å². The number of benzene rings is 1. The van der Waals surface area contributed by atoms with Crippen molar-refractivity contribution in [3.05, 3.63) is 35.4 Å². The Kier molecular flexibility index (Phi) is 3.92. The van der Waals surface area contributed by atoms with Crippen LogP contribution in [0.15, 0.2) is 24.3 Å². The normalized spacial score (nSPS) is 23.5. The zero-order chi connectivity index (χ0) is 14.8. The van der Waals surface area contributed by atoms with E-state index in [0.717, 1.165) is 37.1 Å². The first-order valence-electron chi connectivity index (χ1n) is 7.54. The molecule has 0 aliphatic carbocycles. The summed E-state index contributed by atoms with van der Waals surface area (Å²) in [7, 11) is 0. The van der Waals surface area contributed by atoms with E-state index < -0.39 is 6.04 Å². The van der Waals surface area contributed by atoms with Crippen LogP contribution >= 0.6 is 0 Å². The molecule has 1 atom stereocenters. The van der Waals surface area contributed by atoms with E-state index in [2.05, 4.69) is 10.6 Å². The number of urea groups is 1. The van der Waals surface area contributed by atoms with Crippen molar-refractivity contribution in [2.75, 3.05) is 19.6 Å². The monoisotopic (exact) mass is 287 g/mol. The smallest absolute Gasteiger partial charge is 0.322 e. The highest BCUT2D eigenvalue weighted by Gasteiger charge is 2.39. The highest BCUT2D eigenvalue weighted by Crippen LogP contribution is 2.24. The fraction of sp³-hybridized carbons (Fsp3) is 0.500. The molecule has 2 aliphatic heterocycles. The number of nitrogens with zero attached hydrogens (tertiary/aromatic N) is 1. The molecule has 2 saturated heterocycles. The minimum Gasteiger partial charge on any atom is -0.322 e. The largest absolute Gasteiger partial charge is 0.325 e. The summed E-state index contributed by atoms with van der Waals surface area (Å²) in [4.78, 5) is 26.0. The molecule has 3 rings (SSSR count). The lowest BCUT2D eigenvalue weighted by molar-refractivity contribution is -0.128. The first kappa shape index (κ1) is 14.1. The topological polar surface area (TPSA) is 61.4 Å². The van der Waals surface area contributed by atoms with Crippen molar-refractivity contribution >= 4 is 11.9 Å². The minimum atomic E-state index is -0.528. The number of carbonyl (C=O) groups excluding carboxylic acids is 2. The molecule has 0 bridgehead atoms. The highest BCUT2D eigenvalue weighted by atomic mass is 16.2. The molecule has 3 amide bonds. The summed E-state index contributed by atoms with van der Waals surface area (Å²) in [5.41, 5.74) is 1.99. The number of carbonyl (C=O) groups is 2. The Morgan fingerprint density at radius 2 is 1.81 bits per heavy atom. The molecule has 5 heteroatoms. The van der Waals surface area contributed by atoms with Crippen molar-refractivity contribution in [1.29, 1.82) is 0 Å². The summed E-state index contributed by atoms with van der Waals surface area (Å²) in [6.07, 6.45) is 2.04.